The fourth-order valence-electron chi connectivity index (χ4n) is 1.73. The summed E-state index contributed by atoms with van der Waals surface area (Å²) in [5.74, 6) is -0.996. The second-order valence-corrected chi connectivity index (χ2v) is 4.37. The summed E-state index contributed by atoms with van der Waals surface area (Å²) in [6.45, 7) is 1.52. The number of rotatable bonds is 4. The molecule has 0 aliphatic carbocycles. The molecule has 1 amide bonds. The van der Waals surface area contributed by atoms with E-state index >= 15 is 0 Å². The number of carbonyl (C=O) groups excluding carboxylic acids is 2. The fraction of sp³-hybridized carbons (Fsp3) is 0.200. The first-order valence-electron chi connectivity index (χ1n) is 6.39. The third-order valence-electron chi connectivity index (χ3n) is 2.88. The molecule has 1 atom stereocenters. The molecular formula is C15H15N3O3. The van der Waals surface area contributed by atoms with Crippen molar-refractivity contribution in [1.82, 2.24) is 9.97 Å². The second-order valence-electron chi connectivity index (χ2n) is 4.37. The summed E-state index contributed by atoms with van der Waals surface area (Å²) >= 11 is 0. The Morgan fingerprint density at radius 2 is 1.90 bits per heavy atom. The maximum Gasteiger partial charge on any atom is 0.359 e. The number of esters is 1. The summed E-state index contributed by atoms with van der Waals surface area (Å²) in [6.07, 6.45) is 3.22. The number of ether oxygens (including phenoxy) is 1. The topological polar surface area (TPSA) is 72.4 Å². The maximum atomic E-state index is 12.2. The molecule has 2 rings (SSSR count). The lowest BCUT2D eigenvalue weighted by Gasteiger charge is -2.21. The lowest BCUT2D eigenvalue weighted by Crippen LogP contribution is -2.37. The fourth-order valence-corrected chi connectivity index (χ4v) is 1.73. The van der Waals surface area contributed by atoms with Crippen LogP contribution in [0.3, 0.4) is 0 Å². The van der Waals surface area contributed by atoms with Gasteiger partial charge in [0, 0.05) is 25.1 Å². The Morgan fingerprint density at radius 1 is 1.19 bits per heavy atom. The van der Waals surface area contributed by atoms with Crippen molar-refractivity contribution < 1.29 is 14.3 Å². The molecule has 0 aliphatic heterocycles. The van der Waals surface area contributed by atoms with Crippen LogP contribution in [0.2, 0.25) is 0 Å². The minimum absolute atomic E-state index is 0.0690. The van der Waals surface area contributed by atoms with Gasteiger partial charge in [0.2, 0.25) is 0 Å². The van der Waals surface area contributed by atoms with Gasteiger partial charge in [-0.15, -0.1) is 0 Å². The Hall–Kier alpha value is -2.76. The Morgan fingerprint density at radius 3 is 2.52 bits per heavy atom. The van der Waals surface area contributed by atoms with E-state index in [2.05, 4.69) is 9.97 Å². The number of para-hydroxylation sites is 1. The van der Waals surface area contributed by atoms with E-state index in [1.807, 2.05) is 18.2 Å². The zero-order valence-electron chi connectivity index (χ0n) is 11.8. The second kappa shape index (κ2) is 6.60. The van der Waals surface area contributed by atoms with Gasteiger partial charge < -0.3 is 9.64 Å². The summed E-state index contributed by atoms with van der Waals surface area (Å²) in [7, 11) is 1.63. The van der Waals surface area contributed by atoms with Gasteiger partial charge in [-0.2, -0.15) is 0 Å². The Bertz CT molecular complexity index is 617. The molecule has 6 nitrogen and oxygen atoms in total. The molecule has 6 heteroatoms. The van der Waals surface area contributed by atoms with Gasteiger partial charge in [-0.25, -0.2) is 9.78 Å². The number of hydrogen-bond donors (Lipinski definition) is 0. The Balaban J connectivity index is 2.01. The van der Waals surface area contributed by atoms with Crippen LogP contribution < -0.4 is 4.90 Å². The number of carbonyl (C=O) groups is 2. The highest BCUT2D eigenvalue weighted by molar-refractivity contribution is 5.98. The highest BCUT2D eigenvalue weighted by Crippen LogP contribution is 2.13. The number of nitrogens with zero attached hydrogens (tertiary/aromatic N) is 3. The van der Waals surface area contributed by atoms with Gasteiger partial charge in [0.1, 0.15) is 0 Å². The maximum absolute atomic E-state index is 12.2. The van der Waals surface area contributed by atoms with Gasteiger partial charge in [0.25, 0.3) is 5.91 Å². The normalized spacial score (nSPS) is 11.5. The van der Waals surface area contributed by atoms with Crippen LogP contribution in [-0.4, -0.2) is 35.0 Å². The number of likely N-dealkylation sites (N-methyl/N-ethyl adjacent to an activating group) is 1. The molecule has 0 unspecified atom stereocenters. The number of amides is 1. The standard InChI is InChI=1S/C15H15N3O3/c1-11(21-15(20)13-10-16-8-9-17-13)14(19)18(2)12-6-4-3-5-7-12/h3-11H,1-2H3/t11-/m1/s1. The molecule has 108 valence electrons. The number of hydrogen-bond acceptors (Lipinski definition) is 5. The van der Waals surface area contributed by atoms with Gasteiger partial charge in [-0.3, -0.25) is 9.78 Å². The lowest BCUT2D eigenvalue weighted by molar-refractivity contribution is -0.126. The summed E-state index contributed by atoms with van der Waals surface area (Å²) in [5, 5.41) is 0. The van der Waals surface area contributed by atoms with E-state index in [9.17, 15) is 9.59 Å². The van der Waals surface area contributed by atoms with Crippen LogP contribution >= 0.6 is 0 Å². The van der Waals surface area contributed by atoms with Gasteiger partial charge in [0.05, 0.1) is 6.20 Å². The van der Waals surface area contributed by atoms with Gasteiger partial charge in [-0.1, -0.05) is 18.2 Å². The van der Waals surface area contributed by atoms with Crippen LogP contribution in [0, 0.1) is 0 Å². The summed E-state index contributed by atoms with van der Waals surface area (Å²) < 4.78 is 5.11. The van der Waals surface area contributed by atoms with Gasteiger partial charge in [0.15, 0.2) is 11.8 Å². The SMILES string of the molecule is C[C@@H](OC(=O)c1cnccn1)C(=O)N(C)c1ccccc1. The molecule has 1 heterocycles. The number of aromatic nitrogens is 2. The molecule has 21 heavy (non-hydrogen) atoms. The van der Waals surface area contributed by atoms with Crippen molar-refractivity contribution in [3.05, 3.63) is 54.6 Å². The number of benzene rings is 1. The van der Waals surface area contributed by atoms with Crippen LogP contribution in [-0.2, 0) is 9.53 Å². The van der Waals surface area contributed by atoms with Crippen LogP contribution in [0.1, 0.15) is 17.4 Å². The molecule has 2 aromatic rings. The Kier molecular flexibility index (Phi) is 4.61. The predicted molar refractivity (Wildman–Crippen MR) is 76.8 cm³/mol. The van der Waals surface area contributed by atoms with Crippen molar-refractivity contribution in [3.63, 3.8) is 0 Å². The van der Waals surface area contributed by atoms with E-state index in [-0.39, 0.29) is 11.6 Å². The molecule has 1 aromatic heterocycles. The van der Waals surface area contributed by atoms with Crippen molar-refractivity contribution in [1.29, 1.82) is 0 Å². The molecule has 0 radical (unpaired) electrons. The quantitative estimate of drug-likeness (QED) is 0.799. The molecule has 0 spiro atoms. The van der Waals surface area contributed by atoms with Crippen LogP contribution in [0.5, 0.6) is 0 Å². The molecule has 0 saturated carbocycles. The molecule has 0 saturated heterocycles. The first-order chi connectivity index (χ1) is 10.1. The largest absolute Gasteiger partial charge is 0.448 e. The van der Waals surface area contributed by atoms with E-state index in [1.165, 1.54) is 30.4 Å². The smallest absolute Gasteiger partial charge is 0.359 e. The minimum atomic E-state index is -0.912. The molecular weight excluding hydrogens is 270 g/mol. The molecule has 1 aromatic carbocycles. The van der Waals surface area contributed by atoms with E-state index in [1.54, 1.807) is 19.2 Å². The van der Waals surface area contributed by atoms with E-state index in [4.69, 9.17) is 4.74 Å². The zero-order valence-corrected chi connectivity index (χ0v) is 11.8. The van der Waals surface area contributed by atoms with Crippen molar-refractivity contribution in [3.8, 4) is 0 Å². The minimum Gasteiger partial charge on any atom is -0.448 e. The van der Waals surface area contributed by atoms with Crippen LogP contribution in [0.25, 0.3) is 0 Å². The molecule has 0 aliphatic rings. The Labute approximate surface area is 122 Å². The van der Waals surface area contributed by atoms with Crippen molar-refractivity contribution in [2.45, 2.75) is 13.0 Å². The zero-order chi connectivity index (χ0) is 15.2. The third kappa shape index (κ3) is 3.62. The average Bonchev–Trinajstić information content (AvgIpc) is 2.55. The summed E-state index contributed by atoms with van der Waals surface area (Å²) in [4.78, 5) is 33.1. The van der Waals surface area contributed by atoms with Crippen LogP contribution in [0.15, 0.2) is 48.9 Å². The highest BCUT2D eigenvalue weighted by Gasteiger charge is 2.23. The first kappa shape index (κ1) is 14.6. The molecule has 0 fully saturated rings. The van der Waals surface area contributed by atoms with Gasteiger partial charge >= 0.3 is 5.97 Å². The predicted octanol–water partition coefficient (Wildman–Crippen LogP) is 1.68. The first-order valence-corrected chi connectivity index (χ1v) is 6.39. The average molecular weight is 285 g/mol. The van der Waals surface area contributed by atoms with E-state index in [0.29, 0.717) is 0 Å². The molecule has 0 N–H and O–H groups in total. The van der Waals surface area contributed by atoms with Gasteiger partial charge in [-0.05, 0) is 19.1 Å². The summed E-state index contributed by atoms with van der Waals surface area (Å²) in [5.41, 5.74) is 0.796. The van der Waals surface area contributed by atoms with Crippen molar-refractivity contribution >= 4 is 17.6 Å². The molecule has 0 bridgehead atoms. The van der Waals surface area contributed by atoms with E-state index in [0.717, 1.165) is 5.69 Å². The highest BCUT2D eigenvalue weighted by atomic mass is 16.5. The van der Waals surface area contributed by atoms with Crippen LogP contribution in [0.4, 0.5) is 5.69 Å². The monoisotopic (exact) mass is 285 g/mol. The van der Waals surface area contributed by atoms with Crippen molar-refractivity contribution in [2.24, 2.45) is 0 Å². The summed E-state index contributed by atoms with van der Waals surface area (Å²) in [6, 6.07) is 9.12. The van der Waals surface area contributed by atoms with E-state index < -0.39 is 12.1 Å². The van der Waals surface area contributed by atoms with Crippen molar-refractivity contribution in [2.75, 3.05) is 11.9 Å². The lowest BCUT2D eigenvalue weighted by atomic mass is 10.2. The third-order valence-corrected chi connectivity index (χ3v) is 2.88. The number of anilines is 1.